The van der Waals surface area contributed by atoms with Crippen molar-refractivity contribution in [3.05, 3.63) is 0 Å². The zero-order chi connectivity index (χ0) is 10.3. The second kappa shape index (κ2) is 3.78. The number of fused-ring (bicyclic) bond motifs is 4. The number of amides is 1. The third kappa shape index (κ3) is 1.78. The molecule has 15 heavy (non-hydrogen) atoms. The van der Waals surface area contributed by atoms with Gasteiger partial charge in [-0.25, -0.2) is 0 Å². The summed E-state index contributed by atoms with van der Waals surface area (Å²) < 4.78 is 0. The van der Waals surface area contributed by atoms with E-state index < -0.39 is 0 Å². The van der Waals surface area contributed by atoms with E-state index in [1.165, 1.54) is 19.3 Å². The number of rotatable bonds is 1. The molecule has 1 saturated carbocycles. The van der Waals surface area contributed by atoms with Gasteiger partial charge in [-0.15, -0.1) is 0 Å². The van der Waals surface area contributed by atoms with Crippen LogP contribution in [0.25, 0.3) is 0 Å². The molecule has 3 saturated heterocycles. The van der Waals surface area contributed by atoms with Crippen LogP contribution in [0, 0.1) is 11.8 Å². The van der Waals surface area contributed by atoms with Crippen LogP contribution in [0.15, 0.2) is 0 Å². The summed E-state index contributed by atoms with van der Waals surface area (Å²) in [6.45, 7) is 3.10. The fourth-order valence-electron chi connectivity index (χ4n) is 3.03. The summed E-state index contributed by atoms with van der Waals surface area (Å²) in [6.07, 6.45) is 6.11. The van der Waals surface area contributed by atoms with Gasteiger partial charge in [-0.2, -0.15) is 0 Å². The second-order valence-corrected chi connectivity index (χ2v) is 5.42. The highest BCUT2D eigenvalue weighted by Gasteiger charge is 2.35. The molecule has 4 fully saturated rings. The normalized spacial score (nSPS) is 36.1. The van der Waals surface area contributed by atoms with Crippen molar-refractivity contribution >= 4 is 5.91 Å². The van der Waals surface area contributed by atoms with E-state index in [4.69, 9.17) is 0 Å². The minimum atomic E-state index is 0.377. The minimum absolute atomic E-state index is 0.377. The topological polar surface area (TPSA) is 32.3 Å². The first kappa shape index (κ1) is 9.64. The molecule has 2 unspecified atom stereocenters. The van der Waals surface area contributed by atoms with Gasteiger partial charge in [0.1, 0.15) is 0 Å². The predicted molar refractivity (Wildman–Crippen MR) is 58.4 cm³/mol. The molecule has 2 atom stereocenters. The highest BCUT2D eigenvalue weighted by molar-refractivity contribution is 5.79. The first-order valence-corrected chi connectivity index (χ1v) is 6.35. The Labute approximate surface area is 91.2 Å². The summed E-state index contributed by atoms with van der Waals surface area (Å²) >= 11 is 0. The fraction of sp³-hybridized carbons (Fsp3) is 0.917. The Morgan fingerprint density at radius 3 is 2.60 bits per heavy atom. The largest absolute Gasteiger partial charge is 0.341 e. The molecular weight excluding hydrogens is 188 g/mol. The van der Waals surface area contributed by atoms with Crippen molar-refractivity contribution in [1.29, 1.82) is 0 Å². The first-order valence-electron chi connectivity index (χ1n) is 6.35. The maximum atomic E-state index is 12.2. The maximum absolute atomic E-state index is 12.2. The van der Waals surface area contributed by atoms with E-state index in [-0.39, 0.29) is 0 Å². The number of nitrogens with one attached hydrogen (secondary N) is 1. The second-order valence-electron chi connectivity index (χ2n) is 5.42. The molecule has 3 nitrogen and oxygen atoms in total. The maximum Gasteiger partial charge on any atom is 0.225 e. The van der Waals surface area contributed by atoms with E-state index in [1.54, 1.807) is 0 Å². The standard InChI is InChI=1S/C12H20N2O/c15-12(10-2-1-3-10)14-7-9-4-5-11(8-14)13-6-9/h9-11,13H,1-8H2. The van der Waals surface area contributed by atoms with E-state index in [9.17, 15) is 4.79 Å². The summed E-state index contributed by atoms with van der Waals surface area (Å²) in [7, 11) is 0. The SMILES string of the molecule is O=C(C1CCC1)N1CC2CCC(C1)NC2. The van der Waals surface area contributed by atoms with Crippen LogP contribution in [0.4, 0.5) is 0 Å². The van der Waals surface area contributed by atoms with Crippen molar-refractivity contribution in [3.63, 3.8) is 0 Å². The summed E-state index contributed by atoms with van der Waals surface area (Å²) in [5.41, 5.74) is 0. The Balaban J connectivity index is 1.67. The molecule has 3 heterocycles. The van der Waals surface area contributed by atoms with E-state index in [0.717, 1.165) is 32.5 Å². The number of hydrogen-bond acceptors (Lipinski definition) is 2. The van der Waals surface area contributed by atoms with E-state index >= 15 is 0 Å². The predicted octanol–water partition coefficient (Wildman–Crippen LogP) is 0.997. The molecule has 2 bridgehead atoms. The molecule has 4 rings (SSSR count). The summed E-state index contributed by atoms with van der Waals surface area (Å²) in [5.74, 6) is 1.54. The Bertz CT molecular complexity index is 240. The lowest BCUT2D eigenvalue weighted by Crippen LogP contribution is -2.43. The molecule has 0 aromatic rings. The van der Waals surface area contributed by atoms with Gasteiger partial charge in [0.15, 0.2) is 0 Å². The van der Waals surface area contributed by atoms with Gasteiger partial charge in [0, 0.05) is 25.0 Å². The lowest BCUT2D eigenvalue weighted by Gasteiger charge is -2.31. The van der Waals surface area contributed by atoms with E-state index in [2.05, 4.69) is 10.2 Å². The molecule has 0 aromatic heterocycles. The summed E-state index contributed by atoms with van der Waals surface area (Å²) in [4.78, 5) is 14.3. The van der Waals surface area contributed by atoms with Crippen molar-refractivity contribution in [2.75, 3.05) is 19.6 Å². The monoisotopic (exact) mass is 208 g/mol. The molecule has 1 aliphatic carbocycles. The van der Waals surface area contributed by atoms with Crippen LogP contribution in [0.3, 0.4) is 0 Å². The highest BCUT2D eigenvalue weighted by Crippen LogP contribution is 2.30. The van der Waals surface area contributed by atoms with Gasteiger partial charge in [0.25, 0.3) is 0 Å². The molecule has 1 N–H and O–H groups in total. The van der Waals surface area contributed by atoms with Crippen LogP contribution in [-0.4, -0.2) is 36.5 Å². The summed E-state index contributed by atoms with van der Waals surface area (Å²) in [6, 6.07) is 0.577. The van der Waals surface area contributed by atoms with Crippen LogP contribution in [0.5, 0.6) is 0 Å². The summed E-state index contributed by atoms with van der Waals surface area (Å²) in [5, 5.41) is 3.55. The lowest BCUT2D eigenvalue weighted by atomic mass is 9.84. The van der Waals surface area contributed by atoms with E-state index in [1.807, 2.05) is 0 Å². The Hall–Kier alpha value is -0.570. The fourth-order valence-corrected chi connectivity index (χ4v) is 3.03. The van der Waals surface area contributed by atoms with Gasteiger partial charge in [-0.1, -0.05) is 6.42 Å². The number of piperidine rings is 1. The molecule has 0 radical (unpaired) electrons. The third-order valence-corrected chi connectivity index (χ3v) is 4.30. The number of nitrogens with zero attached hydrogens (tertiary/aromatic N) is 1. The number of carbonyl (C=O) groups excluding carboxylic acids is 1. The van der Waals surface area contributed by atoms with E-state index in [0.29, 0.717) is 23.8 Å². The number of hydrogen-bond donors (Lipinski definition) is 1. The van der Waals surface area contributed by atoms with Crippen LogP contribution < -0.4 is 5.32 Å². The van der Waals surface area contributed by atoms with Crippen LogP contribution in [0.1, 0.15) is 32.1 Å². The Kier molecular flexibility index (Phi) is 2.43. The van der Waals surface area contributed by atoms with Gasteiger partial charge >= 0.3 is 0 Å². The van der Waals surface area contributed by atoms with Crippen molar-refractivity contribution < 1.29 is 4.79 Å². The quantitative estimate of drug-likeness (QED) is 0.697. The molecule has 0 aromatic carbocycles. The lowest BCUT2D eigenvalue weighted by molar-refractivity contribution is -0.138. The van der Waals surface area contributed by atoms with Crippen LogP contribution >= 0.6 is 0 Å². The molecule has 3 aliphatic heterocycles. The Morgan fingerprint density at radius 2 is 2.00 bits per heavy atom. The molecule has 4 aliphatic rings. The van der Waals surface area contributed by atoms with Crippen molar-refractivity contribution in [3.8, 4) is 0 Å². The average molecular weight is 208 g/mol. The molecule has 3 heteroatoms. The zero-order valence-electron chi connectivity index (χ0n) is 9.24. The first-order chi connectivity index (χ1) is 7.33. The third-order valence-electron chi connectivity index (χ3n) is 4.30. The molecule has 1 amide bonds. The molecular formula is C12H20N2O. The molecule has 84 valence electrons. The van der Waals surface area contributed by atoms with Crippen LogP contribution in [-0.2, 0) is 4.79 Å². The average Bonchev–Trinajstić information content (AvgIpc) is 2.47. The highest BCUT2D eigenvalue weighted by atomic mass is 16.2. The van der Waals surface area contributed by atoms with Crippen LogP contribution in [0.2, 0.25) is 0 Å². The zero-order valence-corrected chi connectivity index (χ0v) is 9.24. The van der Waals surface area contributed by atoms with Crippen molar-refractivity contribution in [2.24, 2.45) is 11.8 Å². The van der Waals surface area contributed by atoms with Crippen molar-refractivity contribution in [1.82, 2.24) is 10.2 Å². The minimum Gasteiger partial charge on any atom is -0.341 e. The smallest absolute Gasteiger partial charge is 0.225 e. The van der Waals surface area contributed by atoms with Gasteiger partial charge < -0.3 is 10.2 Å². The van der Waals surface area contributed by atoms with Gasteiger partial charge in [0.05, 0.1) is 0 Å². The number of carbonyl (C=O) groups is 1. The molecule has 0 spiro atoms. The van der Waals surface area contributed by atoms with Gasteiger partial charge in [0.2, 0.25) is 5.91 Å². The van der Waals surface area contributed by atoms with Gasteiger partial charge in [-0.3, -0.25) is 4.79 Å². The van der Waals surface area contributed by atoms with Gasteiger partial charge in [-0.05, 0) is 38.1 Å². The Morgan fingerprint density at radius 1 is 1.13 bits per heavy atom. The van der Waals surface area contributed by atoms with Crippen molar-refractivity contribution in [2.45, 2.75) is 38.1 Å².